The largest absolute Gasteiger partial charge is 0.364 e. The fraction of sp³-hybridized carbons (Fsp3) is 0.167. The molecule has 1 heteroatoms. The van der Waals surface area contributed by atoms with E-state index in [4.69, 9.17) is 0 Å². The first-order valence-electron chi connectivity index (χ1n) is 4.53. The Morgan fingerprint density at radius 1 is 1.38 bits per heavy atom. The number of para-hydroxylation sites is 1. The number of anilines is 1. The van der Waals surface area contributed by atoms with Crippen molar-refractivity contribution >= 4 is 11.8 Å². The lowest BCUT2D eigenvalue weighted by Gasteiger charge is -2.26. The van der Waals surface area contributed by atoms with E-state index in [0.717, 1.165) is 13.1 Å². The van der Waals surface area contributed by atoms with Crippen LogP contribution < -0.4 is 4.90 Å². The predicted molar refractivity (Wildman–Crippen MR) is 57.9 cm³/mol. The summed E-state index contributed by atoms with van der Waals surface area (Å²) in [5.74, 6) is 0. The van der Waals surface area contributed by atoms with Crippen LogP contribution in [0, 0.1) is 0 Å². The molecule has 1 nitrogen and oxygen atoms in total. The summed E-state index contributed by atoms with van der Waals surface area (Å²) in [6.07, 6.45) is 6.30. The maximum absolute atomic E-state index is 3.76. The van der Waals surface area contributed by atoms with Crippen molar-refractivity contribution in [2.24, 2.45) is 0 Å². The van der Waals surface area contributed by atoms with Crippen LogP contribution in [-0.2, 0) is 0 Å². The van der Waals surface area contributed by atoms with Gasteiger partial charge >= 0.3 is 0 Å². The van der Waals surface area contributed by atoms with Crippen molar-refractivity contribution < 1.29 is 0 Å². The SMILES string of the molecule is C=CCN1CC=Cc2ccccc21. The van der Waals surface area contributed by atoms with Crippen LogP contribution in [0.3, 0.4) is 0 Å². The number of fused-ring (bicyclic) bond motifs is 1. The van der Waals surface area contributed by atoms with Gasteiger partial charge in [0, 0.05) is 18.8 Å². The third-order valence-electron chi connectivity index (χ3n) is 2.25. The molecule has 1 aromatic rings. The monoisotopic (exact) mass is 171 g/mol. The summed E-state index contributed by atoms with van der Waals surface area (Å²) < 4.78 is 0. The van der Waals surface area contributed by atoms with Gasteiger partial charge in [0.1, 0.15) is 0 Å². The molecule has 1 aromatic carbocycles. The minimum atomic E-state index is 0.918. The number of rotatable bonds is 2. The molecule has 0 saturated carbocycles. The second-order valence-corrected chi connectivity index (χ2v) is 3.15. The number of benzene rings is 1. The lowest BCUT2D eigenvalue weighted by molar-refractivity contribution is 0.947. The molecule has 0 spiro atoms. The van der Waals surface area contributed by atoms with Crippen LogP contribution >= 0.6 is 0 Å². The summed E-state index contributed by atoms with van der Waals surface area (Å²) >= 11 is 0. The first-order valence-corrected chi connectivity index (χ1v) is 4.53. The van der Waals surface area contributed by atoms with Gasteiger partial charge < -0.3 is 4.90 Å². The van der Waals surface area contributed by atoms with Gasteiger partial charge in [-0.3, -0.25) is 0 Å². The van der Waals surface area contributed by atoms with Gasteiger partial charge in [0.05, 0.1) is 0 Å². The Bertz CT molecular complexity index is 339. The first-order chi connectivity index (χ1) is 6.42. The number of hydrogen-bond donors (Lipinski definition) is 0. The molecule has 13 heavy (non-hydrogen) atoms. The summed E-state index contributed by atoms with van der Waals surface area (Å²) in [4.78, 5) is 2.31. The van der Waals surface area contributed by atoms with E-state index >= 15 is 0 Å². The average Bonchev–Trinajstić information content (AvgIpc) is 2.19. The second kappa shape index (κ2) is 3.48. The second-order valence-electron chi connectivity index (χ2n) is 3.15. The van der Waals surface area contributed by atoms with Crippen molar-refractivity contribution in [1.29, 1.82) is 0 Å². The summed E-state index contributed by atoms with van der Waals surface area (Å²) in [6.45, 7) is 5.67. The molecule has 0 amide bonds. The molecular formula is C12H13N. The molecule has 1 heterocycles. The van der Waals surface area contributed by atoms with E-state index in [1.165, 1.54) is 11.3 Å². The standard InChI is InChI=1S/C12H13N/c1-2-9-13-10-5-7-11-6-3-4-8-12(11)13/h2-8H,1,9-10H2. The lowest BCUT2D eigenvalue weighted by atomic mass is 10.1. The van der Waals surface area contributed by atoms with E-state index in [9.17, 15) is 0 Å². The van der Waals surface area contributed by atoms with Crippen LogP contribution in [0.4, 0.5) is 5.69 Å². The Hall–Kier alpha value is -1.50. The van der Waals surface area contributed by atoms with Crippen LogP contribution in [0.25, 0.3) is 6.08 Å². The van der Waals surface area contributed by atoms with E-state index < -0.39 is 0 Å². The molecule has 0 aliphatic carbocycles. The zero-order valence-electron chi connectivity index (χ0n) is 7.61. The minimum absolute atomic E-state index is 0.918. The third-order valence-corrected chi connectivity index (χ3v) is 2.25. The Morgan fingerprint density at radius 3 is 3.08 bits per heavy atom. The number of nitrogens with zero attached hydrogens (tertiary/aromatic N) is 1. The van der Waals surface area contributed by atoms with E-state index in [0.29, 0.717) is 0 Å². The molecule has 0 saturated heterocycles. The normalized spacial score (nSPS) is 14.0. The zero-order chi connectivity index (χ0) is 9.10. The van der Waals surface area contributed by atoms with Crippen molar-refractivity contribution in [3.63, 3.8) is 0 Å². The number of hydrogen-bond acceptors (Lipinski definition) is 1. The van der Waals surface area contributed by atoms with Gasteiger partial charge in [-0.2, -0.15) is 0 Å². The summed E-state index contributed by atoms with van der Waals surface area (Å²) in [5.41, 5.74) is 2.61. The highest BCUT2D eigenvalue weighted by atomic mass is 15.1. The fourth-order valence-electron chi connectivity index (χ4n) is 1.65. The molecule has 0 fully saturated rings. The highest BCUT2D eigenvalue weighted by Crippen LogP contribution is 2.24. The van der Waals surface area contributed by atoms with Gasteiger partial charge in [0.25, 0.3) is 0 Å². The van der Waals surface area contributed by atoms with Gasteiger partial charge in [0.2, 0.25) is 0 Å². The Morgan fingerprint density at radius 2 is 2.23 bits per heavy atom. The average molecular weight is 171 g/mol. The molecule has 0 bridgehead atoms. The molecule has 66 valence electrons. The highest BCUT2D eigenvalue weighted by molar-refractivity contribution is 5.71. The van der Waals surface area contributed by atoms with Crippen molar-refractivity contribution in [1.82, 2.24) is 0 Å². The van der Waals surface area contributed by atoms with Gasteiger partial charge in [-0.05, 0) is 11.6 Å². The predicted octanol–water partition coefficient (Wildman–Crippen LogP) is 2.71. The van der Waals surface area contributed by atoms with Crippen LogP contribution in [0.2, 0.25) is 0 Å². The molecule has 0 radical (unpaired) electrons. The Labute approximate surface area is 79.0 Å². The first kappa shape index (κ1) is 8.11. The van der Waals surface area contributed by atoms with Gasteiger partial charge in [-0.15, -0.1) is 6.58 Å². The maximum atomic E-state index is 3.76. The van der Waals surface area contributed by atoms with Crippen LogP contribution in [-0.4, -0.2) is 13.1 Å². The molecule has 0 N–H and O–H groups in total. The Kier molecular flexibility index (Phi) is 2.17. The third kappa shape index (κ3) is 1.50. The molecule has 1 aliphatic rings. The highest BCUT2D eigenvalue weighted by Gasteiger charge is 2.09. The van der Waals surface area contributed by atoms with Gasteiger partial charge in [-0.25, -0.2) is 0 Å². The quantitative estimate of drug-likeness (QED) is 0.618. The lowest BCUT2D eigenvalue weighted by Crippen LogP contribution is -2.25. The smallest absolute Gasteiger partial charge is 0.0445 e. The van der Waals surface area contributed by atoms with E-state index in [-0.39, 0.29) is 0 Å². The summed E-state index contributed by atoms with van der Waals surface area (Å²) in [7, 11) is 0. The molecule has 0 aromatic heterocycles. The van der Waals surface area contributed by atoms with Crippen molar-refractivity contribution in [3.05, 3.63) is 48.6 Å². The minimum Gasteiger partial charge on any atom is -0.364 e. The molecule has 0 unspecified atom stereocenters. The van der Waals surface area contributed by atoms with E-state index in [1.54, 1.807) is 0 Å². The van der Waals surface area contributed by atoms with Crippen molar-refractivity contribution in [3.8, 4) is 0 Å². The van der Waals surface area contributed by atoms with Crippen LogP contribution in [0.5, 0.6) is 0 Å². The molecule has 1 aliphatic heterocycles. The van der Waals surface area contributed by atoms with Crippen molar-refractivity contribution in [2.75, 3.05) is 18.0 Å². The zero-order valence-corrected chi connectivity index (χ0v) is 7.61. The van der Waals surface area contributed by atoms with Crippen molar-refractivity contribution in [2.45, 2.75) is 0 Å². The summed E-state index contributed by atoms with van der Waals surface area (Å²) in [5, 5.41) is 0. The van der Waals surface area contributed by atoms with Gasteiger partial charge in [-0.1, -0.05) is 36.4 Å². The van der Waals surface area contributed by atoms with Gasteiger partial charge in [0.15, 0.2) is 0 Å². The molecule has 2 rings (SSSR count). The van der Waals surface area contributed by atoms with E-state index in [1.807, 2.05) is 6.08 Å². The molecule has 0 atom stereocenters. The Balaban J connectivity index is 2.37. The summed E-state index contributed by atoms with van der Waals surface area (Å²) in [6, 6.07) is 8.44. The van der Waals surface area contributed by atoms with Crippen LogP contribution in [0.15, 0.2) is 43.0 Å². The van der Waals surface area contributed by atoms with Crippen LogP contribution in [0.1, 0.15) is 5.56 Å². The molecular weight excluding hydrogens is 158 g/mol. The maximum Gasteiger partial charge on any atom is 0.0445 e. The van der Waals surface area contributed by atoms with E-state index in [2.05, 4.69) is 47.9 Å². The fourth-order valence-corrected chi connectivity index (χ4v) is 1.65. The topological polar surface area (TPSA) is 3.24 Å².